The first-order valence-electron chi connectivity index (χ1n) is 7.80. The van der Waals surface area contributed by atoms with Crippen molar-refractivity contribution >= 4 is 15.8 Å². The molecule has 1 aromatic heterocycles. The van der Waals surface area contributed by atoms with Crippen molar-refractivity contribution in [3.05, 3.63) is 66.9 Å². The number of benzene rings is 2. The summed E-state index contributed by atoms with van der Waals surface area (Å²) in [7, 11) is -0.858. The molecule has 7 heteroatoms. The van der Waals surface area contributed by atoms with Crippen molar-refractivity contribution in [2.45, 2.75) is 4.90 Å². The minimum absolute atomic E-state index is 0.0593. The number of anilines is 1. The van der Waals surface area contributed by atoms with Crippen molar-refractivity contribution < 1.29 is 17.9 Å². The van der Waals surface area contributed by atoms with E-state index < -0.39 is 10.0 Å². The zero-order valence-corrected chi connectivity index (χ0v) is 15.2. The molecule has 0 spiro atoms. The molecule has 1 heterocycles. The van der Waals surface area contributed by atoms with Crippen LogP contribution >= 0.6 is 0 Å². The van der Waals surface area contributed by atoms with Crippen LogP contribution in [0, 0.1) is 0 Å². The molecule has 2 aromatic carbocycles. The summed E-state index contributed by atoms with van der Waals surface area (Å²) < 4.78 is 37.9. The van der Waals surface area contributed by atoms with Crippen LogP contribution in [0.1, 0.15) is 0 Å². The van der Waals surface area contributed by atoms with Crippen LogP contribution in [0.3, 0.4) is 0 Å². The van der Waals surface area contributed by atoms with Crippen LogP contribution in [0.25, 0.3) is 11.1 Å². The minimum Gasteiger partial charge on any atom is -0.493 e. The summed E-state index contributed by atoms with van der Waals surface area (Å²) >= 11 is 0. The Labute approximate surface area is 152 Å². The van der Waals surface area contributed by atoms with E-state index in [1.165, 1.54) is 26.4 Å². The topological polar surface area (TPSA) is 77.5 Å². The average Bonchev–Trinajstić information content (AvgIpc) is 2.68. The number of hydrogen-bond acceptors (Lipinski definition) is 5. The van der Waals surface area contributed by atoms with Crippen LogP contribution in [0.15, 0.2) is 71.8 Å². The zero-order valence-electron chi connectivity index (χ0n) is 14.3. The summed E-state index contributed by atoms with van der Waals surface area (Å²) in [4.78, 5) is 4.26. The van der Waals surface area contributed by atoms with Crippen LogP contribution in [0.2, 0.25) is 0 Å². The van der Waals surface area contributed by atoms with Crippen LogP contribution in [-0.2, 0) is 10.0 Å². The molecule has 0 saturated carbocycles. The molecule has 0 fully saturated rings. The Bertz CT molecular complexity index is 988. The van der Waals surface area contributed by atoms with Gasteiger partial charge >= 0.3 is 0 Å². The molecule has 134 valence electrons. The van der Waals surface area contributed by atoms with Gasteiger partial charge in [0.25, 0.3) is 10.0 Å². The highest BCUT2D eigenvalue weighted by Gasteiger charge is 2.17. The van der Waals surface area contributed by atoms with Gasteiger partial charge < -0.3 is 9.47 Å². The summed E-state index contributed by atoms with van der Waals surface area (Å²) in [5.74, 6) is 1.03. The molecule has 0 saturated heterocycles. The van der Waals surface area contributed by atoms with Crippen LogP contribution in [-0.4, -0.2) is 27.6 Å². The van der Waals surface area contributed by atoms with Crippen LogP contribution in [0.5, 0.6) is 11.5 Å². The van der Waals surface area contributed by atoms with Gasteiger partial charge in [0.1, 0.15) is 5.82 Å². The van der Waals surface area contributed by atoms with Gasteiger partial charge in [0.05, 0.1) is 19.1 Å². The fourth-order valence-corrected chi connectivity index (χ4v) is 3.46. The van der Waals surface area contributed by atoms with Gasteiger partial charge in [0.2, 0.25) is 0 Å². The Morgan fingerprint density at radius 1 is 0.846 bits per heavy atom. The van der Waals surface area contributed by atoms with Crippen molar-refractivity contribution in [3.63, 3.8) is 0 Å². The van der Waals surface area contributed by atoms with Gasteiger partial charge in [-0.2, -0.15) is 0 Å². The highest BCUT2D eigenvalue weighted by atomic mass is 32.2. The van der Waals surface area contributed by atoms with Crippen LogP contribution < -0.4 is 14.2 Å². The molecule has 6 nitrogen and oxygen atoms in total. The maximum Gasteiger partial charge on any atom is 0.263 e. The quantitative estimate of drug-likeness (QED) is 0.718. The van der Waals surface area contributed by atoms with Gasteiger partial charge in [-0.1, -0.05) is 30.3 Å². The number of aromatic nitrogens is 1. The van der Waals surface area contributed by atoms with E-state index in [4.69, 9.17) is 9.47 Å². The van der Waals surface area contributed by atoms with Gasteiger partial charge in [0.15, 0.2) is 11.5 Å². The summed E-state index contributed by atoms with van der Waals surface area (Å²) in [6.45, 7) is 0. The third-order valence-electron chi connectivity index (χ3n) is 3.77. The van der Waals surface area contributed by atoms with E-state index in [1.807, 2.05) is 36.4 Å². The summed E-state index contributed by atoms with van der Waals surface area (Å²) in [5, 5.41) is 0. The second kappa shape index (κ2) is 7.45. The van der Waals surface area contributed by atoms with Crippen molar-refractivity contribution in [1.29, 1.82) is 0 Å². The lowest BCUT2D eigenvalue weighted by Crippen LogP contribution is -2.14. The molecule has 3 aromatic rings. The number of ether oxygens (including phenoxy) is 2. The Morgan fingerprint density at radius 2 is 1.58 bits per heavy atom. The highest BCUT2D eigenvalue weighted by Crippen LogP contribution is 2.30. The molecule has 0 unspecified atom stereocenters. The predicted octanol–water partition coefficient (Wildman–Crippen LogP) is 3.57. The summed E-state index contributed by atoms with van der Waals surface area (Å²) in [6, 6.07) is 17.6. The van der Waals surface area contributed by atoms with Gasteiger partial charge in [-0.05, 0) is 29.8 Å². The molecule has 0 radical (unpaired) electrons. The number of nitrogens with one attached hydrogen (secondary N) is 1. The van der Waals surface area contributed by atoms with E-state index in [0.29, 0.717) is 11.5 Å². The van der Waals surface area contributed by atoms with E-state index in [2.05, 4.69) is 9.71 Å². The Kier molecular flexibility index (Phi) is 5.09. The highest BCUT2D eigenvalue weighted by molar-refractivity contribution is 7.92. The Hall–Kier alpha value is -3.06. The van der Waals surface area contributed by atoms with E-state index in [0.717, 1.165) is 11.1 Å². The predicted molar refractivity (Wildman–Crippen MR) is 100 cm³/mol. The van der Waals surface area contributed by atoms with E-state index in [-0.39, 0.29) is 10.7 Å². The number of methoxy groups -OCH3 is 2. The molecule has 0 aliphatic heterocycles. The Morgan fingerprint density at radius 3 is 2.19 bits per heavy atom. The van der Waals surface area contributed by atoms with Crippen molar-refractivity contribution in [1.82, 2.24) is 4.98 Å². The first kappa shape index (κ1) is 17.8. The largest absolute Gasteiger partial charge is 0.493 e. The van der Waals surface area contributed by atoms with E-state index in [9.17, 15) is 8.42 Å². The fraction of sp³-hybridized carbons (Fsp3) is 0.105. The molecular formula is C19H18N2O4S. The average molecular weight is 370 g/mol. The zero-order chi connectivity index (χ0) is 18.6. The maximum absolute atomic E-state index is 12.6. The van der Waals surface area contributed by atoms with Crippen molar-refractivity contribution in [3.8, 4) is 22.6 Å². The number of pyridine rings is 1. The Balaban J connectivity index is 1.83. The number of sulfonamides is 1. The number of rotatable bonds is 6. The first-order valence-corrected chi connectivity index (χ1v) is 9.28. The smallest absolute Gasteiger partial charge is 0.263 e. The van der Waals surface area contributed by atoms with Crippen molar-refractivity contribution in [2.24, 2.45) is 0 Å². The number of nitrogens with zero attached hydrogens (tertiary/aromatic N) is 1. The van der Waals surface area contributed by atoms with Gasteiger partial charge in [-0.25, -0.2) is 13.4 Å². The van der Waals surface area contributed by atoms with Gasteiger partial charge in [0, 0.05) is 17.8 Å². The lowest BCUT2D eigenvalue weighted by Gasteiger charge is -2.11. The van der Waals surface area contributed by atoms with E-state index >= 15 is 0 Å². The second-order valence-electron chi connectivity index (χ2n) is 5.42. The molecule has 1 N–H and O–H groups in total. The third kappa shape index (κ3) is 3.78. The maximum atomic E-state index is 12.6. The summed E-state index contributed by atoms with van der Waals surface area (Å²) in [5.41, 5.74) is 1.91. The monoisotopic (exact) mass is 370 g/mol. The minimum atomic E-state index is -3.80. The van der Waals surface area contributed by atoms with Crippen molar-refractivity contribution in [2.75, 3.05) is 18.9 Å². The van der Waals surface area contributed by atoms with E-state index in [1.54, 1.807) is 18.3 Å². The van der Waals surface area contributed by atoms with Gasteiger partial charge in [-0.3, -0.25) is 4.72 Å². The molecular weight excluding hydrogens is 352 g/mol. The summed E-state index contributed by atoms with van der Waals surface area (Å²) in [6.07, 6.45) is 1.63. The standard InChI is InChI=1S/C19H18N2O4S/c1-24-17-10-9-16(12-18(17)25-2)26(22,23)21-19-11-8-15(13-20-19)14-6-4-3-5-7-14/h3-13H,1-2H3,(H,20,21). The molecule has 0 aliphatic rings. The SMILES string of the molecule is COc1ccc(S(=O)(=O)Nc2ccc(-c3ccccc3)cn2)cc1OC. The van der Waals surface area contributed by atoms with Gasteiger partial charge in [-0.15, -0.1) is 0 Å². The third-order valence-corrected chi connectivity index (χ3v) is 5.13. The van der Waals surface area contributed by atoms with Crippen LogP contribution in [0.4, 0.5) is 5.82 Å². The lowest BCUT2D eigenvalue weighted by molar-refractivity contribution is 0.354. The molecule has 0 aliphatic carbocycles. The fourth-order valence-electron chi connectivity index (χ4n) is 2.44. The second-order valence-corrected chi connectivity index (χ2v) is 7.10. The molecule has 26 heavy (non-hydrogen) atoms. The molecule has 0 atom stereocenters. The molecule has 0 amide bonds. The lowest BCUT2D eigenvalue weighted by atomic mass is 10.1. The number of hydrogen-bond donors (Lipinski definition) is 1. The normalized spacial score (nSPS) is 11.0. The molecule has 3 rings (SSSR count). The first-order chi connectivity index (χ1) is 12.5. The molecule has 0 bridgehead atoms.